The van der Waals surface area contributed by atoms with Gasteiger partial charge in [0.05, 0.1) is 11.4 Å². The number of hydrogen-bond acceptors (Lipinski definition) is 5. The largest absolute Gasteiger partial charge is 0.312 e. The molecule has 0 radical (unpaired) electrons. The lowest BCUT2D eigenvalue weighted by atomic mass is 10.1. The highest BCUT2D eigenvalue weighted by atomic mass is 32.1. The maximum Gasteiger partial charge on any atom is 0.230 e. The molecule has 0 N–H and O–H groups in total. The lowest BCUT2D eigenvalue weighted by molar-refractivity contribution is -0.117. The quantitative estimate of drug-likeness (QED) is 0.362. The molecule has 33 heavy (non-hydrogen) atoms. The van der Waals surface area contributed by atoms with Crippen molar-refractivity contribution in [3.05, 3.63) is 76.3 Å². The number of ketones is 1. The molecule has 0 aliphatic carbocycles. The lowest BCUT2D eigenvalue weighted by Crippen LogP contribution is -2.23. The van der Waals surface area contributed by atoms with Crippen LogP contribution in [0.5, 0.6) is 0 Å². The normalized spacial score (nSPS) is 13.7. The first kappa shape index (κ1) is 22.6. The molecule has 2 aromatic carbocycles. The molecule has 6 nitrogen and oxygen atoms in total. The van der Waals surface area contributed by atoms with Crippen molar-refractivity contribution in [1.82, 2.24) is 4.98 Å². The molecule has 0 bridgehead atoms. The first-order valence-corrected chi connectivity index (χ1v) is 11.7. The summed E-state index contributed by atoms with van der Waals surface area (Å²) < 4.78 is 0. The Morgan fingerprint density at radius 2 is 1.94 bits per heavy atom. The molecule has 2 heterocycles. The van der Waals surface area contributed by atoms with Crippen molar-refractivity contribution in [2.45, 2.75) is 33.6 Å². The van der Waals surface area contributed by atoms with E-state index in [1.165, 1.54) is 24.3 Å². The van der Waals surface area contributed by atoms with Crippen molar-refractivity contribution in [2.75, 3.05) is 16.3 Å². The minimum atomic E-state index is -0.170. The lowest BCUT2D eigenvalue weighted by Gasteiger charge is -2.21. The number of benzene rings is 2. The zero-order chi connectivity index (χ0) is 23.5. The summed E-state index contributed by atoms with van der Waals surface area (Å²) in [5.74, 6) is -0.210. The molecule has 3 aromatic rings. The van der Waals surface area contributed by atoms with E-state index in [9.17, 15) is 14.4 Å². The SMILES string of the molecule is CC(=O)N(c1nc(C=CC(=O)c2cccc(N3CCCC3=O)c2)cs1)c1cccc(C)c1C. The molecule has 1 fully saturated rings. The third-order valence-corrected chi connectivity index (χ3v) is 6.60. The standard InChI is InChI=1S/C26H25N3O3S/c1-17-7-4-10-23(18(17)2)29(19(3)30)26-27-21(16-33-26)12-13-24(31)20-8-5-9-22(15-20)28-14-6-11-25(28)32/h4-5,7-10,12-13,15-16H,6,11,14H2,1-3H3. The summed E-state index contributed by atoms with van der Waals surface area (Å²) in [5.41, 5.74) is 4.78. The van der Waals surface area contributed by atoms with Crippen LogP contribution in [0.4, 0.5) is 16.5 Å². The Morgan fingerprint density at radius 1 is 1.15 bits per heavy atom. The predicted molar refractivity (Wildman–Crippen MR) is 132 cm³/mol. The summed E-state index contributed by atoms with van der Waals surface area (Å²) in [6.07, 6.45) is 4.50. The van der Waals surface area contributed by atoms with Gasteiger partial charge in [0.25, 0.3) is 0 Å². The van der Waals surface area contributed by atoms with Crippen LogP contribution in [0.15, 0.2) is 53.9 Å². The number of rotatable bonds is 6. The van der Waals surface area contributed by atoms with E-state index in [2.05, 4.69) is 4.98 Å². The highest BCUT2D eigenvalue weighted by Crippen LogP contribution is 2.32. The summed E-state index contributed by atoms with van der Waals surface area (Å²) in [7, 11) is 0. The van der Waals surface area contributed by atoms with Crippen LogP contribution in [-0.4, -0.2) is 29.1 Å². The number of thiazole rings is 1. The van der Waals surface area contributed by atoms with Crippen LogP contribution in [0, 0.1) is 13.8 Å². The number of carbonyl (C=O) groups is 3. The number of aryl methyl sites for hydroxylation is 1. The summed E-state index contributed by atoms with van der Waals surface area (Å²) in [6.45, 7) is 6.19. The fourth-order valence-electron chi connectivity index (χ4n) is 3.85. The summed E-state index contributed by atoms with van der Waals surface area (Å²) >= 11 is 1.35. The first-order chi connectivity index (χ1) is 15.8. The Hall–Kier alpha value is -3.58. The second kappa shape index (κ2) is 9.50. The maximum absolute atomic E-state index is 12.7. The van der Waals surface area contributed by atoms with Gasteiger partial charge in [0.1, 0.15) is 0 Å². The van der Waals surface area contributed by atoms with Gasteiger partial charge in [-0.15, -0.1) is 11.3 Å². The molecule has 0 unspecified atom stereocenters. The van der Waals surface area contributed by atoms with Gasteiger partial charge in [0.2, 0.25) is 11.8 Å². The molecular weight excluding hydrogens is 434 g/mol. The predicted octanol–water partition coefficient (Wildman–Crippen LogP) is 5.47. The van der Waals surface area contributed by atoms with Crippen molar-refractivity contribution < 1.29 is 14.4 Å². The highest BCUT2D eigenvalue weighted by molar-refractivity contribution is 7.14. The second-order valence-electron chi connectivity index (χ2n) is 8.03. The number of nitrogens with zero attached hydrogens (tertiary/aromatic N) is 3. The van der Waals surface area contributed by atoms with Crippen LogP contribution >= 0.6 is 11.3 Å². The van der Waals surface area contributed by atoms with Crippen molar-refractivity contribution in [3.8, 4) is 0 Å². The molecule has 168 valence electrons. The molecule has 1 aromatic heterocycles. The van der Waals surface area contributed by atoms with Crippen LogP contribution < -0.4 is 9.80 Å². The molecule has 0 saturated carbocycles. The first-order valence-electron chi connectivity index (χ1n) is 10.8. The van der Waals surface area contributed by atoms with Crippen molar-refractivity contribution in [1.29, 1.82) is 0 Å². The van der Waals surface area contributed by atoms with Gasteiger partial charge < -0.3 is 4.90 Å². The molecular formula is C26H25N3O3S. The van der Waals surface area contributed by atoms with Gasteiger partial charge in [0, 0.05) is 36.5 Å². The molecule has 7 heteroatoms. The van der Waals surface area contributed by atoms with E-state index in [0.717, 1.165) is 28.9 Å². The Balaban J connectivity index is 1.54. The molecule has 4 rings (SSSR count). The number of hydrogen-bond donors (Lipinski definition) is 0. The molecule has 0 atom stereocenters. The number of aromatic nitrogens is 1. The van der Waals surface area contributed by atoms with E-state index in [1.807, 2.05) is 43.5 Å². The van der Waals surface area contributed by atoms with Crippen LogP contribution in [0.1, 0.15) is 46.9 Å². The van der Waals surface area contributed by atoms with Gasteiger partial charge in [0.15, 0.2) is 10.9 Å². The van der Waals surface area contributed by atoms with Crippen LogP contribution in [-0.2, 0) is 9.59 Å². The Kier molecular flexibility index (Phi) is 6.51. The van der Waals surface area contributed by atoms with E-state index in [1.54, 1.807) is 34.1 Å². The van der Waals surface area contributed by atoms with E-state index in [0.29, 0.717) is 29.4 Å². The number of carbonyl (C=O) groups excluding carboxylic acids is 3. The summed E-state index contributed by atoms with van der Waals surface area (Å²) in [6, 6.07) is 13.0. The molecule has 0 spiro atoms. The minimum Gasteiger partial charge on any atom is -0.312 e. The number of anilines is 3. The zero-order valence-corrected chi connectivity index (χ0v) is 19.7. The van der Waals surface area contributed by atoms with E-state index in [4.69, 9.17) is 0 Å². The third-order valence-electron chi connectivity index (χ3n) is 5.75. The average molecular weight is 460 g/mol. The number of allylic oxidation sites excluding steroid dienone is 1. The highest BCUT2D eigenvalue weighted by Gasteiger charge is 2.22. The van der Waals surface area contributed by atoms with Gasteiger partial charge in [-0.1, -0.05) is 24.3 Å². The maximum atomic E-state index is 12.7. The fraction of sp³-hybridized carbons (Fsp3) is 0.231. The van der Waals surface area contributed by atoms with E-state index < -0.39 is 0 Å². The van der Waals surface area contributed by atoms with Crippen LogP contribution in [0.25, 0.3) is 6.08 Å². The molecule has 1 aliphatic rings. The second-order valence-corrected chi connectivity index (χ2v) is 8.86. The third kappa shape index (κ3) is 4.78. The van der Waals surface area contributed by atoms with E-state index >= 15 is 0 Å². The Labute approximate surface area is 197 Å². The van der Waals surface area contributed by atoms with Crippen LogP contribution in [0.3, 0.4) is 0 Å². The van der Waals surface area contributed by atoms with Crippen molar-refractivity contribution in [2.24, 2.45) is 0 Å². The summed E-state index contributed by atoms with van der Waals surface area (Å²) in [5, 5.41) is 2.37. The Morgan fingerprint density at radius 3 is 2.67 bits per heavy atom. The van der Waals surface area contributed by atoms with Gasteiger partial charge in [-0.25, -0.2) is 4.98 Å². The minimum absolute atomic E-state index is 0.0871. The fourth-order valence-corrected chi connectivity index (χ4v) is 4.69. The van der Waals surface area contributed by atoms with Gasteiger partial charge in [-0.05, 0) is 61.7 Å². The Bertz CT molecular complexity index is 1260. The smallest absolute Gasteiger partial charge is 0.230 e. The topological polar surface area (TPSA) is 70.6 Å². The van der Waals surface area contributed by atoms with Crippen molar-refractivity contribution >= 4 is 51.5 Å². The number of amides is 2. The molecule has 1 aliphatic heterocycles. The van der Waals surface area contributed by atoms with Gasteiger partial charge >= 0.3 is 0 Å². The van der Waals surface area contributed by atoms with Crippen LogP contribution in [0.2, 0.25) is 0 Å². The molecule has 2 amide bonds. The average Bonchev–Trinajstić information content (AvgIpc) is 3.44. The molecule has 1 saturated heterocycles. The summed E-state index contributed by atoms with van der Waals surface area (Å²) in [4.78, 5) is 45.1. The monoisotopic (exact) mass is 459 g/mol. The van der Waals surface area contributed by atoms with Crippen molar-refractivity contribution in [3.63, 3.8) is 0 Å². The zero-order valence-electron chi connectivity index (χ0n) is 18.9. The van der Waals surface area contributed by atoms with Gasteiger partial charge in [-0.3, -0.25) is 19.3 Å². The van der Waals surface area contributed by atoms with Gasteiger partial charge in [-0.2, -0.15) is 0 Å². The van der Waals surface area contributed by atoms with E-state index in [-0.39, 0.29) is 17.6 Å².